The molecule has 0 saturated heterocycles. The predicted octanol–water partition coefficient (Wildman–Crippen LogP) is 4.13. The zero-order valence-corrected chi connectivity index (χ0v) is 9.01. The van der Waals surface area contributed by atoms with Gasteiger partial charge in [0.2, 0.25) is 5.76 Å². The van der Waals surface area contributed by atoms with E-state index in [-0.39, 0.29) is 5.76 Å². The molecule has 0 radical (unpaired) electrons. The molecule has 4 heteroatoms. The van der Waals surface area contributed by atoms with Crippen molar-refractivity contribution in [1.29, 1.82) is 5.26 Å². The van der Waals surface area contributed by atoms with Gasteiger partial charge in [-0.2, -0.15) is 5.26 Å². The summed E-state index contributed by atoms with van der Waals surface area (Å²) in [5, 5.41) is 9.51. The number of nitrogens with zero attached hydrogens (tertiary/aromatic N) is 1. The maximum atomic E-state index is 8.62. The Labute approximate surface area is 96.6 Å². The highest BCUT2D eigenvalue weighted by atomic mass is 35.5. The van der Waals surface area contributed by atoms with Crippen molar-refractivity contribution in [2.75, 3.05) is 0 Å². The molecule has 0 aliphatic rings. The van der Waals surface area contributed by atoms with Gasteiger partial charge >= 0.3 is 0 Å². The highest BCUT2D eigenvalue weighted by molar-refractivity contribution is 6.43. The molecule has 0 aliphatic heterocycles. The van der Waals surface area contributed by atoms with Gasteiger partial charge in [0.05, 0.1) is 10.0 Å². The van der Waals surface area contributed by atoms with E-state index in [2.05, 4.69) is 0 Å². The minimum absolute atomic E-state index is 0.251. The number of halogens is 2. The van der Waals surface area contributed by atoms with E-state index in [0.717, 1.165) is 0 Å². The summed E-state index contributed by atoms with van der Waals surface area (Å²) in [4.78, 5) is 0. The van der Waals surface area contributed by atoms with E-state index in [4.69, 9.17) is 32.9 Å². The normalized spacial score (nSPS) is 9.93. The molecule has 0 spiro atoms. The highest BCUT2D eigenvalue weighted by Gasteiger charge is 2.10. The lowest BCUT2D eigenvalue weighted by Crippen LogP contribution is -1.77. The first-order valence-corrected chi connectivity index (χ1v) is 4.92. The van der Waals surface area contributed by atoms with Gasteiger partial charge in [-0.3, -0.25) is 0 Å². The highest BCUT2D eigenvalue weighted by Crippen LogP contribution is 2.34. The van der Waals surface area contributed by atoms with E-state index in [1.165, 1.54) is 0 Å². The predicted molar refractivity (Wildman–Crippen MR) is 58.9 cm³/mol. The molecule has 1 heterocycles. The second-order valence-electron chi connectivity index (χ2n) is 2.88. The zero-order chi connectivity index (χ0) is 10.8. The third-order valence-electron chi connectivity index (χ3n) is 1.93. The molecule has 0 bridgehead atoms. The topological polar surface area (TPSA) is 36.9 Å². The van der Waals surface area contributed by atoms with E-state index in [9.17, 15) is 0 Å². The van der Waals surface area contributed by atoms with Crippen molar-refractivity contribution in [3.63, 3.8) is 0 Å². The van der Waals surface area contributed by atoms with Crippen LogP contribution in [0.5, 0.6) is 0 Å². The van der Waals surface area contributed by atoms with E-state index in [1.807, 2.05) is 6.07 Å². The van der Waals surface area contributed by atoms with Gasteiger partial charge in [-0.1, -0.05) is 29.3 Å². The van der Waals surface area contributed by atoms with Crippen LogP contribution in [0.4, 0.5) is 0 Å². The Kier molecular flexibility index (Phi) is 2.68. The average Bonchev–Trinajstić information content (AvgIpc) is 2.70. The van der Waals surface area contributed by atoms with Crippen molar-refractivity contribution >= 4 is 23.2 Å². The van der Waals surface area contributed by atoms with Gasteiger partial charge in [0.1, 0.15) is 11.8 Å². The number of furan rings is 1. The number of rotatable bonds is 1. The lowest BCUT2D eigenvalue weighted by atomic mass is 10.2. The Morgan fingerprint density at radius 3 is 2.60 bits per heavy atom. The summed E-state index contributed by atoms with van der Waals surface area (Å²) >= 11 is 11.9. The van der Waals surface area contributed by atoms with E-state index >= 15 is 0 Å². The van der Waals surface area contributed by atoms with Crippen LogP contribution in [0, 0.1) is 11.3 Å². The third kappa shape index (κ3) is 1.85. The molecule has 0 unspecified atom stereocenters. The quantitative estimate of drug-likeness (QED) is 0.748. The van der Waals surface area contributed by atoms with E-state index in [0.29, 0.717) is 21.4 Å². The minimum atomic E-state index is 0.251. The SMILES string of the molecule is N#Cc1ccc(-c2cccc(Cl)c2Cl)o1. The molecule has 15 heavy (non-hydrogen) atoms. The van der Waals surface area contributed by atoms with Gasteiger partial charge in [0, 0.05) is 5.56 Å². The van der Waals surface area contributed by atoms with Crippen LogP contribution >= 0.6 is 23.2 Å². The molecule has 0 N–H and O–H groups in total. The van der Waals surface area contributed by atoms with Crippen molar-refractivity contribution in [3.05, 3.63) is 46.1 Å². The van der Waals surface area contributed by atoms with Gasteiger partial charge in [-0.05, 0) is 24.3 Å². The first-order valence-electron chi connectivity index (χ1n) is 4.16. The van der Waals surface area contributed by atoms with Crippen LogP contribution in [0.25, 0.3) is 11.3 Å². The fourth-order valence-electron chi connectivity index (χ4n) is 1.24. The van der Waals surface area contributed by atoms with Crippen molar-refractivity contribution in [2.45, 2.75) is 0 Å². The smallest absolute Gasteiger partial charge is 0.204 e. The van der Waals surface area contributed by atoms with Gasteiger partial charge in [0.15, 0.2) is 0 Å². The standard InChI is InChI=1S/C11H5Cl2NO/c12-9-3-1-2-8(11(9)13)10-5-4-7(6-14)15-10/h1-5H. The second kappa shape index (κ2) is 3.98. The van der Waals surface area contributed by atoms with Crippen LogP contribution in [0.15, 0.2) is 34.7 Å². The zero-order valence-electron chi connectivity index (χ0n) is 7.50. The van der Waals surface area contributed by atoms with Crippen LogP contribution in [-0.2, 0) is 0 Å². The first kappa shape index (κ1) is 10.1. The Hall–Kier alpha value is -1.43. The molecule has 0 amide bonds. The summed E-state index contributed by atoms with van der Waals surface area (Å²) < 4.78 is 5.25. The maximum Gasteiger partial charge on any atom is 0.204 e. The molecule has 2 nitrogen and oxygen atoms in total. The molecule has 0 aliphatic carbocycles. The Morgan fingerprint density at radius 2 is 1.93 bits per heavy atom. The summed E-state index contributed by atoms with van der Waals surface area (Å²) in [6.07, 6.45) is 0. The summed E-state index contributed by atoms with van der Waals surface area (Å²) in [6.45, 7) is 0. The lowest BCUT2D eigenvalue weighted by Gasteiger charge is -2.01. The fourth-order valence-corrected chi connectivity index (χ4v) is 1.63. The van der Waals surface area contributed by atoms with Gasteiger partial charge in [-0.15, -0.1) is 0 Å². The molecule has 1 aromatic heterocycles. The van der Waals surface area contributed by atoms with Crippen molar-refractivity contribution in [1.82, 2.24) is 0 Å². The summed E-state index contributed by atoms with van der Waals surface area (Å²) in [7, 11) is 0. The molecule has 2 rings (SSSR count). The van der Waals surface area contributed by atoms with Crippen LogP contribution in [0.2, 0.25) is 10.0 Å². The van der Waals surface area contributed by atoms with Gasteiger partial charge in [-0.25, -0.2) is 0 Å². The lowest BCUT2D eigenvalue weighted by molar-refractivity contribution is 0.567. The van der Waals surface area contributed by atoms with Crippen LogP contribution in [0.1, 0.15) is 5.76 Å². The van der Waals surface area contributed by atoms with Crippen LogP contribution < -0.4 is 0 Å². The van der Waals surface area contributed by atoms with E-state index < -0.39 is 0 Å². The number of hydrogen-bond acceptors (Lipinski definition) is 2. The summed E-state index contributed by atoms with van der Waals surface area (Å²) in [5.74, 6) is 0.792. The molecule has 2 aromatic rings. The fraction of sp³-hybridized carbons (Fsp3) is 0. The van der Waals surface area contributed by atoms with Gasteiger partial charge in [0.25, 0.3) is 0 Å². The molecular weight excluding hydrogens is 233 g/mol. The Morgan fingerprint density at radius 1 is 1.13 bits per heavy atom. The van der Waals surface area contributed by atoms with Crippen LogP contribution in [-0.4, -0.2) is 0 Å². The number of hydrogen-bond donors (Lipinski definition) is 0. The van der Waals surface area contributed by atoms with Crippen molar-refractivity contribution in [2.24, 2.45) is 0 Å². The Balaban J connectivity index is 2.55. The molecule has 0 atom stereocenters. The van der Waals surface area contributed by atoms with Gasteiger partial charge < -0.3 is 4.42 Å². The second-order valence-corrected chi connectivity index (χ2v) is 3.66. The molecular formula is C11H5Cl2NO. The molecule has 0 saturated carbocycles. The van der Waals surface area contributed by atoms with E-state index in [1.54, 1.807) is 30.3 Å². The largest absolute Gasteiger partial charge is 0.446 e. The number of nitriles is 1. The van der Waals surface area contributed by atoms with Crippen molar-refractivity contribution < 1.29 is 4.42 Å². The first-order chi connectivity index (χ1) is 7.22. The number of benzene rings is 1. The molecule has 74 valence electrons. The maximum absolute atomic E-state index is 8.62. The average molecular weight is 238 g/mol. The van der Waals surface area contributed by atoms with Crippen LogP contribution in [0.3, 0.4) is 0 Å². The molecule has 1 aromatic carbocycles. The molecule has 0 fully saturated rings. The Bertz CT molecular complexity index is 540. The monoisotopic (exact) mass is 237 g/mol. The third-order valence-corrected chi connectivity index (χ3v) is 2.75. The minimum Gasteiger partial charge on any atom is -0.446 e. The summed E-state index contributed by atoms with van der Waals surface area (Å²) in [5.41, 5.74) is 0.686. The summed E-state index contributed by atoms with van der Waals surface area (Å²) in [6, 6.07) is 10.4. The van der Waals surface area contributed by atoms with Crippen molar-refractivity contribution in [3.8, 4) is 17.4 Å².